The summed E-state index contributed by atoms with van der Waals surface area (Å²) in [5.74, 6) is 0.644. The van der Waals surface area contributed by atoms with E-state index in [2.05, 4.69) is 33.9 Å². The van der Waals surface area contributed by atoms with Gasteiger partial charge in [0.25, 0.3) is 5.91 Å². The summed E-state index contributed by atoms with van der Waals surface area (Å²) in [7, 11) is 0. The van der Waals surface area contributed by atoms with Crippen LogP contribution in [0.2, 0.25) is 5.02 Å². The average molecular weight is 502 g/mol. The maximum atomic E-state index is 12.8. The average Bonchev–Trinajstić information content (AvgIpc) is 3.33. The Labute approximate surface area is 213 Å². The zero-order valence-corrected chi connectivity index (χ0v) is 21.0. The molecule has 1 fully saturated rings. The predicted molar refractivity (Wildman–Crippen MR) is 146 cm³/mol. The molecule has 176 valence electrons. The maximum absolute atomic E-state index is 12.8. The number of nitrogens with one attached hydrogen (secondary N) is 1. The highest BCUT2D eigenvalue weighted by Crippen LogP contribution is 2.34. The summed E-state index contributed by atoms with van der Waals surface area (Å²) in [5.41, 5.74) is 5.00. The van der Waals surface area contributed by atoms with Crippen LogP contribution in [0.3, 0.4) is 0 Å². The minimum absolute atomic E-state index is 0.151. The molecule has 4 aromatic rings. The first kappa shape index (κ1) is 23.3. The lowest BCUT2D eigenvalue weighted by Crippen LogP contribution is -2.19. The van der Waals surface area contributed by atoms with Crippen LogP contribution in [-0.2, 0) is 11.3 Å². The van der Waals surface area contributed by atoms with Crippen molar-refractivity contribution in [2.24, 2.45) is 4.99 Å². The standard InChI is InChI=1S/C28H24ClN3O2S/c1-3-34-21-14-12-20(13-15-21)30-28-31-27(33)26(35-28)16-23-18(2)32(25-11-7-5-9-22(23)25)17-19-8-4-6-10-24(19)29/h4-16H,3,17H2,1-2H3,(H,30,31,33)/b26-16+. The molecule has 1 aromatic heterocycles. The number of fused-ring (bicyclic) bond motifs is 1. The second-order valence-corrected chi connectivity index (χ2v) is 9.54. The minimum Gasteiger partial charge on any atom is -0.494 e. The monoisotopic (exact) mass is 501 g/mol. The van der Waals surface area contributed by atoms with Gasteiger partial charge in [0, 0.05) is 33.7 Å². The number of thioether (sulfide) groups is 1. The molecule has 1 aliphatic heterocycles. The number of aliphatic imine (C=N–C) groups is 1. The van der Waals surface area contributed by atoms with Crippen molar-refractivity contribution in [3.05, 3.63) is 99.5 Å². The van der Waals surface area contributed by atoms with Gasteiger partial charge in [-0.3, -0.25) is 4.79 Å². The molecule has 0 aliphatic carbocycles. The van der Waals surface area contributed by atoms with Crippen LogP contribution in [0, 0.1) is 6.92 Å². The maximum Gasteiger partial charge on any atom is 0.264 e. The van der Waals surface area contributed by atoms with Crippen molar-refractivity contribution in [2.75, 3.05) is 6.61 Å². The van der Waals surface area contributed by atoms with Crippen molar-refractivity contribution in [3.63, 3.8) is 0 Å². The first-order chi connectivity index (χ1) is 17.0. The Balaban J connectivity index is 1.47. The molecule has 0 bridgehead atoms. The summed E-state index contributed by atoms with van der Waals surface area (Å²) < 4.78 is 7.73. The van der Waals surface area contributed by atoms with Crippen molar-refractivity contribution in [3.8, 4) is 5.75 Å². The van der Waals surface area contributed by atoms with E-state index in [4.69, 9.17) is 16.3 Å². The zero-order valence-electron chi connectivity index (χ0n) is 19.4. The fourth-order valence-corrected chi connectivity index (χ4v) is 5.17. The number of ether oxygens (including phenoxy) is 1. The Morgan fingerprint density at radius 1 is 1.06 bits per heavy atom. The molecule has 0 radical (unpaired) electrons. The molecule has 1 N–H and O–H groups in total. The summed E-state index contributed by atoms with van der Waals surface area (Å²) in [5, 5.41) is 5.28. The van der Waals surface area contributed by atoms with Crippen LogP contribution in [0.5, 0.6) is 5.75 Å². The molecule has 5 rings (SSSR count). The topological polar surface area (TPSA) is 55.6 Å². The summed E-state index contributed by atoms with van der Waals surface area (Å²) in [6.45, 7) is 5.29. The smallest absolute Gasteiger partial charge is 0.264 e. The number of rotatable bonds is 6. The number of carbonyl (C=O) groups is 1. The molecule has 7 heteroatoms. The molecule has 0 spiro atoms. The van der Waals surface area contributed by atoms with Gasteiger partial charge >= 0.3 is 0 Å². The molecule has 1 saturated heterocycles. The molecular weight excluding hydrogens is 478 g/mol. The number of para-hydroxylation sites is 1. The van der Waals surface area contributed by atoms with Crippen LogP contribution >= 0.6 is 23.4 Å². The highest BCUT2D eigenvalue weighted by molar-refractivity contribution is 8.18. The van der Waals surface area contributed by atoms with Crippen LogP contribution in [0.15, 0.2) is 82.7 Å². The number of carbonyl (C=O) groups excluding carboxylic acids is 1. The highest BCUT2D eigenvalue weighted by Gasteiger charge is 2.25. The Bertz CT molecular complexity index is 1470. The second kappa shape index (κ2) is 10.0. The van der Waals surface area contributed by atoms with Crippen molar-refractivity contribution in [2.45, 2.75) is 20.4 Å². The van der Waals surface area contributed by atoms with Gasteiger partial charge in [0.1, 0.15) is 5.75 Å². The first-order valence-electron chi connectivity index (χ1n) is 11.4. The van der Waals surface area contributed by atoms with E-state index in [1.54, 1.807) is 0 Å². The highest BCUT2D eigenvalue weighted by atomic mass is 35.5. The fourth-order valence-electron chi connectivity index (χ4n) is 4.15. The lowest BCUT2D eigenvalue weighted by Gasteiger charge is -2.10. The number of nitrogens with zero attached hydrogens (tertiary/aromatic N) is 2. The number of amides is 1. The SMILES string of the molecule is CCOc1ccc(N=C2NC(=O)/C(=C\c3c(C)n(Cc4ccccc4Cl)c4ccccc34)S2)cc1. The number of hydrogen-bond acceptors (Lipinski definition) is 4. The lowest BCUT2D eigenvalue weighted by molar-refractivity contribution is -0.115. The Morgan fingerprint density at radius 3 is 2.57 bits per heavy atom. The summed E-state index contributed by atoms with van der Waals surface area (Å²) >= 11 is 7.79. The second-order valence-electron chi connectivity index (χ2n) is 8.10. The third-order valence-electron chi connectivity index (χ3n) is 5.87. The van der Waals surface area contributed by atoms with Crippen molar-refractivity contribution in [1.82, 2.24) is 9.88 Å². The first-order valence-corrected chi connectivity index (χ1v) is 12.6. The molecule has 2 heterocycles. The van der Waals surface area contributed by atoms with E-state index in [1.807, 2.05) is 73.7 Å². The molecule has 5 nitrogen and oxygen atoms in total. The zero-order chi connectivity index (χ0) is 24.4. The quantitative estimate of drug-likeness (QED) is 0.291. The van der Waals surface area contributed by atoms with Crippen LogP contribution in [0.4, 0.5) is 5.69 Å². The molecule has 1 aliphatic rings. The molecule has 0 saturated carbocycles. The number of aromatic nitrogens is 1. The molecule has 0 unspecified atom stereocenters. The van der Waals surface area contributed by atoms with Gasteiger partial charge < -0.3 is 14.6 Å². The van der Waals surface area contributed by atoms with E-state index in [9.17, 15) is 4.79 Å². The molecule has 3 aromatic carbocycles. The third-order valence-corrected chi connectivity index (χ3v) is 7.15. The van der Waals surface area contributed by atoms with E-state index >= 15 is 0 Å². The Morgan fingerprint density at radius 2 is 1.80 bits per heavy atom. The molecular formula is C28H24ClN3O2S. The van der Waals surface area contributed by atoms with Gasteiger partial charge in [-0.1, -0.05) is 48.0 Å². The van der Waals surface area contributed by atoms with E-state index in [1.165, 1.54) is 11.8 Å². The lowest BCUT2D eigenvalue weighted by atomic mass is 10.1. The Kier molecular flexibility index (Phi) is 6.66. The van der Waals surface area contributed by atoms with Gasteiger partial charge in [-0.2, -0.15) is 0 Å². The number of halogens is 1. The largest absolute Gasteiger partial charge is 0.494 e. The number of hydrogen-bond donors (Lipinski definition) is 1. The molecule has 0 atom stereocenters. The normalized spacial score (nSPS) is 15.8. The number of benzene rings is 3. The van der Waals surface area contributed by atoms with Crippen LogP contribution in [-0.4, -0.2) is 22.2 Å². The van der Waals surface area contributed by atoms with Gasteiger partial charge in [-0.15, -0.1) is 0 Å². The van der Waals surface area contributed by atoms with Crippen molar-refractivity contribution < 1.29 is 9.53 Å². The predicted octanol–water partition coefficient (Wildman–Crippen LogP) is 6.94. The van der Waals surface area contributed by atoms with E-state index in [0.29, 0.717) is 23.2 Å². The fraction of sp³-hybridized carbons (Fsp3) is 0.143. The molecule has 35 heavy (non-hydrogen) atoms. The van der Waals surface area contributed by atoms with E-state index in [0.717, 1.165) is 44.2 Å². The van der Waals surface area contributed by atoms with Gasteiger partial charge in [-0.05, 0) is 73.6 Å². The van der Waals surface area contributed by atoms with Gasteiger partial charge in [-0.25, -0.2) is 4.99 Å². The number of amidine groups is 1. The van der Waals surface area contributed by atoms with E-state index < -0.39 is 0 Å². The minimum atomic E-state index is -0.151. The van der Waals surface area contributed by atoms with Crippen LogP contribution < -0.4 is 10.1 Å². The van der Waals surface area contributed by atoms with Crippen molar-refractivity contribution in [1.29, 1.82) is 0 Å². The van der Waals surface area contributed by atoms with Crippen molar-refractivity contribution >= 4 is 57.1 Å². The van der Waals surface area contributed by atoms with Crippen LogP contribution in [0.1, 0.15) is 23.7 Å². The summed E-state index contributed by atoms with van der Waals surface area (Å²) in [6, 6.07) is 23.6. The van der Waals surface area contributed by atoms with E-state index in [-0.39, 0.29) is 5.91 Å². The van der Waals surface area contributed by atoms with Crippen LogP contribution in [0.25, 0.3) is 17.0 Å². The van der Waals surface area contributed by atoms with Gasteiger partial charge in [0.15, 0.2) is 5.17 Å². The summed E-state index contributed by atoms with van der Waals surface area (Å²) in [6.07, 6.45) is 1.96. The summed E-state index contributed by atoms with van der Waals surface area (Å²) in [4.78, 5) is 18.0. The van der Waals surface area contributed by atoms with Gasteiger partial charge in [0.2, 0.25) is 0 Å². The third kappa shape index (κ3) is 4.85. The molecule has 1 amide bonds. The Hall–Kier alpha value is -3.48. The van der Waals surface area contributed by atoms with Gasteiger partial charge in [0.05, 0.1) is 17.2 Å².